The molecule has 1 fully saturated rings. The lowest BCUT2D eigenvalue weighted by atomic mass is 10.1. The van der Waals surface area contributed by atoms with Crippen molar-refractivity contribution < 1.29 is 18.7 Å². The van der Waals surface area contributed by atoms with Crippen molar-refractivity contribution in [1.29, 1.82) is 0 Å². The number of anilines is 1. The van der Waals surface area contributed by atoms with Gasteiger partial charge in [0.15, 0.2) is 17.3 Å². The van der Waals surface area contributed by atoms with E-state index in [2.05, 4.69) is 4.90 Å². The van der Waals surface area contributed by atoms with Crippen molar-refractivity contribution in [3.63, 3.8) is 0 Å². The lowest BCUT2D eigenvalue weighted by molar-refractivity contribution is 0.104. The molecule has 0 N–H and O–H groups in total. The number of ether oxygens (including phenoxy) is 2. The standard InChI is InChI=1S/C20H20FNO3/c1-24-20-9-3-15(14-18(20)21)2-8-19(23)16-4-6-17(7-5-16)22-10-12-25-13-11-22/h2-9,14H,10-13H2,1H3/b8-2+. The molecule has 0 atom stereocenters. The maximum atomic E-state index is 13.7. The zero-order valence-electron chi connectivity index (χ0n) is 14.1. The molecular formula is C20H20FNO3. The van der Waals surface area contributed by atoms with Crippen LogP contribution >= 0.6 is 0 Å². The van der Waals surface area contributed by atoms with Crippen LogP contribution in [0.25, 0.3) is 6.08 Å². The third-order valence-corrected chi connectivity index (χ3v) is 4.13. The van der Waals surface area contributed by atoms with Gasteiger partial charge in [-0.25, -0.2) is 4.39 Å². The maximum Gasteiger partial charge on any atom is 0.185 e. The summed E-state index contributed by atoms with van der Waals surface area (Å²) in [6.07, 6.45) is 3.05. The molecule has 2 aromatic carbocycles. The third kappa shape index (κ3) is 4.25. The normalized spacial score (nSPS) is 14.7. The van der Waals surface area contributed by atoms with Crippen LogP contribution in [0.1, 0.15) is 15.9 Å². The summed E-state index contributed by atoms with van der Waals surface area (Å²) in [5.41, 5.74) is 2.29. The predicted octanol–water partition coefficient (Wildman–Crippen LogP) is 3.57. The van der Waals surface area contributed by atoms with Crippen molar-refractivity contribution in [2.45, 2.75) is 0 Å². The molecule has 0 unspecified atom stereocenters. The van der Waals surface area contributed by atoms with Gasteiger partial charge < -0.3 is 14.4 Å². The van der Waals surface area contributed by atoms with Gasteiger partial charge in [0.2, 0.25) is 0 Å². The first-order valence-corrected chi connectivity index (χ1v) is 8.16. The van der Waals surface area contributed by atoms with Gasteiger partial charge in [0, 0.05) is 24.3 Å². The highest BCUT2D eigenvalue weighted by molar-refractivity contribution is 6.07. The number of ketones is 1. The van der Waals surface area contributed by atoms with E-state index in [4.69, 9.17) is 9.47 Å². The number of nitrogens with zero attached hydrogens (tertiary/aromatic N) is 1. The zero-order valence-corrected chi connectivity index (χ0v) is 14.1. The van der Waals surface area contributed by atoms with Crippen molar-refractivity contribution in [1.82, 2.24) is 0 Å². The van der Waals surface area contributed by atoms with Gasteiger partial charge >= 0.3 is 0 Å². The molecule has 0 radical (unpaired) electrons. The molecule has 0 amide bonds. The van der Waals surface area contributed by atoms with Crippen LogP contribution in [0, 0.1) is 5.82 Å². The minimum Gasteiger partial charge on any atom is -0.494 e. The Hall–Kier alpha value is -2.66. The summed E-state index contributed by atoms with van der Waals surface area (Å²) < 4.78 is 23.9. The van der Waals surface area contributed by atoms with Crippen molar-refractivity contribution >= 4 is 17.5 Å². The van der Waals surface area contributed by atoms with Crippen LogP contribution in [0.2, 0.25) is 0 Å². The second-order valence-electron chi connectivity index (χ2n) is 5.74. The molecule has 1 heterocycles. The topological polar surface area (TPSA) is 38.8 Å². The van der Waals surface area contributed by atoms with Crippen LogP contribution in [0.5, 0.6) is 5.75 Å². The summed E-state index contributed by atoms with van der Waals surface area (Å²) >= 11 is 0. The smallest absolute Gasteiger partial charge is 0.185 e. The molecule has 25 heavy (non-hydrogen) atoms. The van der Waals surface area contributed by atoms with Gasteiger partial charge in [-0.2, -0.15) is 0 Å². The number of hydrogen-bond donors (Lipinski definition) is 0. The molecular weight excluding hydrogens is 321 g/mol. The number of rotatable bonds is 5. The Morgan fingerprint density at radius 1 is 1.16 bits per heavy atom. The molecule has 1 aliphatic heterocycles. The fourth-order valence-electron chi connectivity index (χ4n) is 2.71. The molecule has 0 spiro atoms. The van der Waals surface area contributed by atoms with E-state index in [1.165, 1.54) is 25.3 Å². The monoisotopic (exact) mass is 341 g/mol. The highest BCUT2D eigenvalue weighted by atomic mass is 19.1. The number of carbonyl (C=O) groups is 1. The second kappa shape index (κ2) is 7.94. The van der Waals surface area contributed by atoms with E-state index in [0.717, 1.165) is 32.0 Å². The molecule has 0 aliphatic carbocycles. The molecule has 130 valence electrons. The van der Waals surface area contributed by atoms with Crippen molar-refractivity contribution in [3.05, 3.63) is 65.5 Å². The molecule has 0 aromatic heterocycles. The predicted molar refractivity (Wildman–Crippen MR) is 95.8 cm³/mol. The van der Waals surface area contributed by atoms with Gasteiger partial charge in [-0.1, -0.05) is 12.1 Å². The Morgan fingerprint density at radius 3 is 2.52 bits per heavy atom. The largest absolute Gasteiger partial charge is 0.494 e. The number of hydrogen-bond acceptors (Lipinski definition) is 4. The van der Waals surface area contributed by atoms with E-state index in [0.29, 0.717) is 11.1 Å². The Morgan fingerprint density at radius 2 is 1.88 bits per heavy atom. The first-order valence-electron chi connectivity index (χ1n) is 8.16. The Labute approximate surface area is 146 Å². The fourth-order valence-corrected chi connectivity index (χ4v) is 2.71. The first kappa shape index (κ1) is 17.2. The van der Waals surface area contributed by atoms with Crippen LogP contribution in [0.4, 0.5) is 10.1 Å². The van der Waals surface area contributed by atoms with Gasteiger partial charge in [-0.05, 0) is 48.0 Å². The number of morpholine rings is 1. The van der Waals surface area contributed by atoms with Crippen LogP contribution in [-0.2, 0) is 4.74 Å². The van der Waals surface area contributed by atoms with Crippen molar-refractivity contribution in [3.8, 4) is 5.75 Å². The molecule has 0 saturated carbocycles. The van der Waals surface area contributed by atoms with Gasteiger partial charge in [0.1, 0.15) is 0 Å². The SMILES string of the molecule is COc1ccc(/C=C/C(=O)c2ccc(N3CCOCC3)cc2)cc1F. The number of carbonyl (C=O) groups excluding carboxylic acids is 1. The molecule has 1 saturated heterocycles. The lowest BCUT2D eigenvalue weighted by Gasteiger charge is -2.28. The molecule has 3 rings (SSSR count). The van der Waals surface area contributed by atoms with Crippen LogP contribution in [0.3, 0.4) is 0 Å². The van der Waals surface area contributed by atoms with Crippen molar-refractivity contribution in [2.24, 2.45) is 0 Å². The number of methoxy groups -OCH3 is 1. The fraction of sp³-hybridized carbons (Fsp3) is 0.250. The van der Waals surface area contributed by atoms with Gasteiger partial charge in [-0.3, -0.25) is 4.79 Å². The van der Waals surface area contributed by atoms with E-state index < -0.39 is 5.82 Å². The van der Waals surface area contributed by atoms with Crippen LogP contribution < -0.4 is 9.64 Å². The number of benzene rings is 2. The first-order chi connectivity index (χ1) is 12.2. The Kier molecular flexibility index (Phi) is 5.46. The summed E-state index contributed by atoms with van der Waals surface area (Å²) in [5, 5.41) is 0. The molecule has 4 nitrogen and oxygen atoms in total. The quantitative estimate of drug-likeness (QED) is 0.616. The van der Waals surface area contributed by atoms with E-state index in [1.807, 2.05) is 24.3 Å². The lowest BCUT2D eigenvalue weighted by Crippen LogP contribution is -2.36. The summed E-state index contributed by atoms with van der Waals surface area (Å²) in [6.45, 7) is 3.16. The van der Waals surface area contributed by atoms with Crippen LogP contribution in [0.15, 0.2) is 48.5 Å². The summed E-state index contributed by atoms with van der Waals surface area (Å²) in [4.78, 5) is 14.5. The average Bonchev–Trinajstić information content (AvgIpc) is 2.67. The minimum absolute atomic E-state index is 0.121. The highest BCUT2D eigenvalue weighted by Crippen LogP contribution is 2.19. The summed E-state index contributed by atoms with van der Waals surface area (Å²) in [7, 11) is 1.41. The van der Waals surface area contributed by atoms with E-state index in [-0.39, 0.29) is 11.5 Å². The molecule has 0 bridgehead atoms. The number of allylic oxidation sites excluding steroid dienone is 1. The van der Waals surface area contributed by atoms with Gasteiger partial charge in [0.05, 0.1) is 20.3 Å². The number of halogens is 1. The van der Waals surface area contributed by atoms with Crippen molar-refractivity contribution in [2.75, 3.05) is 38.3 Å². The summed E-state index contributed by atoms with van der Waals surface area (Å²) in [6, 6.07) is 12.1. The summed E-state index contributed by atoms with van der Waals surface area (Å²) in [5.74, 6) is -0.390. The van der Waals surface area contributed by atoms with Gasteiger partial charge in [0.25, 0.3) is 0 Å². The average molecular weight is 341 g/mol. The van der Waals surface area contributed by atoms with E-state index >= 15 is 0 Å². The molecule has 2 aromatic rings. The second-order valence-corrected chi connectivity index (χ2v) is 5.74. The third-order valence-electron chi connectivity index (χ3n) is 4.13. The van der Waals surface area contributed by atoms with E-state index in [1.54, 1.807) is 12.1 Å². The van der Waals surface area contributed by atoms with Crippen LogP contribution in [-0.4, -0.2) is 39.2 Å². The van der Waals surface area contributed by atoms with Gasteiger partial charge in [-0.15, -0.1) is 0 Å². The zero-order chi connectivity index (χ0) is 17.6. The Balaban J connectivity index is 1.67. The molecule has 5 heteroatoms. The highest BCUT2D eigenvalue weighted by Gasteiger charge is 2.11. The Bertz CT molecular complexity index is 765. The molecule has 1 aliphatic rings. The maximum absolute atomic E-state index is 13.7. The minimum atomic E-state index is -0.452. The van der Waals surface area contributed by atoms with E-state index in [9.17, 15) is 9.18 Å².